The van der Waals surface area contributed by atoms with Gasteiger partial charge in [0.1, 0.15) is 17.1 Å². The maximum absolute atomic E-state index is 12.9. The minimum atomic E-state index is -1.32. The lowest BCUT2D eigenvalue weighted by atomic mass is 9.74. The van der Waals surface area contributed by atoms with Gasteiger partial charge in [-0.3, -0.25) is 0 Å². The molecule has 0 radical (unpaired) electrons. The lowest BCUT2D eigenvalue weighted by Gasteiger charge is -2.54. The van der Waals surface area contributed by atoms with Crippen LogP contribution in [0.5, 0.6) is 11.5 Å². The molecule has 35 heavy (non-hydrogen) atoms. The SMILES string of the molecule is COc1ccc2c(c1)CN1CN2[C@H](C(O)(c2ccccc2)c2ccccc2)c2cc(OC)ccc21. The Morgan fingerprint density at radius 3 is 1.91 bits per heavy atom. The summed E-state index contributed by atoms with van der Waals surface area (Å²) in [6.07, 6.45) is 0. The molecule has 5 heteroatoms. The van der Waals surface area contributed by atoms with Crippen molar-refractivity contribution in [2.75, 3.05) is 30.7 Å². The second-order valence-corrected chi connectivity index (χ2v) is 9.13. The summed E-state index contributed by atoms with van der Waals surface area (Å²) in [5, 5.41) is 12.9. The molecule has 0 saturated heterocycles. The van der Waals surface area contributed by atoms with E-state index in [1.807, 2.05) is 72.8 Å². The van der Waals surface area contributed by atoms with Crippen LogP contribution >= 0.6 is 0 Å². The van der Waals surface area contributed by atoms with Crippen LogP contribution in [-0.2, 0) is 12.1 Å². The van der Waals surface area contributed by atoms with E-state index in [-0.39, 0.29) is 6.04 Å². The lowest BCUT2D eigenvalue weighted by molar-refractivity contribution is 0.0455. The molecule has 2 aliphatic heterocycles. The van der Waals surface area contributed by atoms with Crippen molar-refractivity contribution in [1.29, 1.82) is 0 Å². The molecule has 1 N–H and O–H groups in total. The Kier molecular flexibility index (Phi) is 5.15. The molecule has 5 nitrogen and oxygen atoms in total. The Hall–Kier alpha value is -3.96. The molecule has 0 saturated carbocycles. The smallest absolute Gasteiger partial charge is 0.139 e. The van der Waals surface area contributed by atoms with Gasteiger partial charge in [0.2, 0.25) is 0 Å². The van der Waals surface area contributed by atoms with Crippen molar-refractivity contribution < 1.29 is 14.6 Å². The standard InChI is InChI=1S/C30H28N2O3/c1-34-24-13-15-27-21(17-24)19-31-20-32(27)29(26-18-25(35-2)14-16-28(26)31)30(33,22-9-5-3-6-10-22)23-11-7-4-8-12-23/h3-18,29,33H,19-20H2,1-2H3/t29-/m0/s1. The molecule has 2 bridgehead atoms. The molecular formula is C30H28N2O3. The normalized spacial score (nSPS) is 16.4. The van der Waals surface area contributed by atoms with E-state index in [4.69, 9.17) is 9.47 Å². The van der Waals surface area contributed by atoms with Crippen LogP contribution in [0.4, 0.5) is 11.4 Å². The zero-order valence-electron chi connectivity index (χ0n) is 19.9. The topological polar surface area (TPSA) is 45.2 Å². The van der Waals surface area contributed by atoms with Gasteiger partial charge in [-0.15, -0.1) is 0 Å². The molecule has 1 atom stereocenters. The Morgan fingerprint density at radius 2 is 1.31 bits per heavy atom. The summed E-state index contributed by atoms with van der Waals surface area (Å²) in [5.74, 6) is 1.61. The summed E-state index contributed by atoms with van der Waals surface area (Å²) in [6.45, 7) is 1.44. The third-order valence-electron chi connectivity index (χ3n) is 7.29. The molecule has 0 spiro atoms. The van der Waals surface area contributed by atoms with Crippen LogP contribution in [0.1, 0.15) is 28.3 Å². The van der Waals surface area contributed by atoms with Crippen molar-refractivity contribution in [1.82, 2.24) is 0 Å². The predicted octanol–water partition coefficient (Wildman–Crippen LogP) is 5.48. The molecule has 4 aromatic carbocycles. The quantitative estimate of drug-likeness (QED) is 0.424. The fourth-order valence-corrected chi connectivity index (χ4v) is 5.65. The highest BCUT2D eigenvalue weighted by Crippen LogP contribution is 2.54. The van der Waals surface area contributed by atoms with Crippen LogP contribution in [-0.4, -0.2) is 26.0 Å². The van der Waals surface area contributed by atoms with E-state index >= 15 is 0 Å². The molecule has 0 fully saturated rings. The van der Waals surface area contributed by atoms with Crippen molar-refractivity contribution in [3.8, 4) is 11.5 Å². The monoisotopic (exact) mass is 464 g/mol. The van der Waals surface area contributed by atoms with Gasteiger partial charge in [-0.2, -0.15) is 0 Å². The van der Waals surface area contributed by atoms with Crippen molar-refractivity contribution in [3.05, 3.63) is 119 Å². The Balaban J connectivity index is 1.65. The van der Waals surface area contributed by atoms with Crippen LogP contribution in [0.15, 0.2) is 97.1 Å². The second kappa shape index (κ2) is 8.36. The van der Waals surface area contributed by atoms with E-state index in [1.165, 1.54) is 5.56 Å². The highest BCUT2D eigenvalue weighted by atomic mass is 16.5. The number of aliphatic hydroxyl groups is 1. The summed E-state index contributed by atoms with van der Waals surface area (Å²) in [5.41, 5.74) is 4.79. The predicted molar refractivity (Wildman–Crippen MR) is 138 cm³/mol. The van der Waals surface area contributed by atoms with Gasteiger partial charge in [-0.05, 0) is 53.1 Å². The van der Waals surface area contributed by atoms with Gasteiger partial charge in [0.05, 0.1) is 26.9 Å². The van der Waals surface area contributed by atoms with E-state index in [2.05, 4.69) is 34.1 Å². The average Bonchev–Trinajstić information content (AvgIpc) is 2.93. The maximum Gasteiger partial charge on any atom is 0.139 e. The third-order valence-corrected chi connectivity index (χ3v) is 7.29. The van der Waals surface area contributed by atoms with Gasteiger partial charge < -0.3 is 24.4 Å². The molecule has 0 aliphatic carbocycles. The van der Waals surface area contributed by atoms with E-state index < -0.39 is 5.60 Å². The first-order valence-corrected chi connectivity index (χ1v) is 11.8. The highest BCUT2D eigenvalue weighted by molar-refractivity contribution is 5.72. The Morgan fingerprint density at radius 1 is 0.743 bits per heavy atom. The van der Waals surface area contributed by atoms with Gasteiger partial charge >= 0.3 is 0 Å². The van der Waals surface area contributed by atoms with Crippen molar-refractivity contribution in [3.63, 3.8) is 0 Å². The van der Waals surface area contributed by atoms with Crippen LogP contribution in [0.25, 0.3) is 0 Å². The summed E-state index contributed by atoms with van der Waals surface area (Å²) in [6, 6.07) is 32.0. The van der Waals surface area contributed by atoms with Gasteiger partial charge in [-0.25, -0.2) is 0 Å². The van der Waals surface area contributed by atoms with Crippen molar-refractivity contribution in [2.45, 2.75) is 18.2 Å². The molecule has 4 aromatic rings. The number of anilines is 2. The zero-order chi connectivity index (χ0) is 24.0. The van der Waals surface area contributed by atoms with E-state index in [9.17, 15) is 5.11 Å². The first-order chi connectivity index (χ1) is 17.1. The molecule has 0 unspecified atom stereocenters. The number of methoxy groups -OCH3 is 2. The molecule has 176 valence electrons. The summed E-state index contributed by atoms with van der Waals surface area (Å²) < 4.78 is 11.2. The number of ether oxygens (including phenoxy) is 2. The number of benzene rings is 4. The Labute approximate surface area is 205 Å². The Bertz CT molecular complexity index is 1320. The molecular weight excluding hydrogens is 436 g/mol. The number of rotatable bonds is 5. The number of nitrogens with zero attached hydrogens (tertiary/aromatic N) is 2. The number of hydrogen-bond acceptors (Lipinski definition) is 5. The number of fused-ring (bicyclic) bond motifs is 6. The van der Waals surface area contributed by atoms with E-state index in [0.29, 0.717) is 6.67 Å². The first-order valence-electron chi connectivity index (χ1n) is 11.8. The molecule has 2 aliphatic rings. The third kappa shape index (κ3) is 3.34. The van der Waals surface area contributed by atoms with Crippen LogP contribution in [0, 0.1) is 0 Å². The van der Waals surface area contributed by atoms with E-state index in [0.717, 1.165) is 46.1 Å². The molecule has 2 heterocycles. The van der Waals surface area contributed by atoms with Crippen molar-refractivity contribution >= 4 is 11.4 Å². The number of hydrogen-bond donors (Lipinski definition) is 1. The van der Waals surface area contributed by atoms with Gasteiger partial charge in [0.15, 0.2) is 0 Å². The molecule has 0 amide bonds. The van der Waals surface area contributed by atoms with Crippen molar-refractivity contribution in [2.24, 2.45) is 0 Å². The fourth-order valence-electron chi connectivity index (χ4n) is 5.65. The lowest BCUT2D eigenvalue weighted by Crippen LogP contribution is -2.55. The van der Waals surface area contributed by atoms with Crippen LogP contribution in [0.3, 0.4) is 0 Å². The fraction of sp³-hybridized carbons (Fsp3) is 0.200. The van der Waals surface area contributed by atoms with E-state index in [1.54, 1.807) is 14.2 Å². The minimum absolute atomic E-state index is 0.388. The van der Waals surface area contributed by atoms with Gasteiger partial charge in [0.25, 0.3) is 0 Å². The average molecular weight is 465 g/mol. The van der Waals surface area contributed by atoms with Crippen LogP contribution in [0.2, 0.25) is 0 Å². The summed E-state index contributed by atoms with van der Waals surface area (Å²) in [7, 11) is 3.38. The summed E-state index contributed by atoms with van der Waals surface area (Å²) in [4.78, 5) is 4.67. The largest absolute Gasteiger partial charge is 0.497 e. The maximum atomic E-state index is 12.9. The zero-order valence-corrected chi connectivity index (χ0v) is 19.9. The molecule has 0 aromatic heterocycles. The molecule has 6 rings (SSSR count). The first kappa shape index (κ1) is 21.6. The second-order valence-electron chi connectivity index (χ2n) is 9.13. The highest BCUT2D eigenvalue weighted by Gasteiger charge is 2.50. The van der Waals surface area contributed by atoms with Gasteiger partial charge in [-0.1, -0.05) is 60.7 Å². The summed E-state index contributed by atoms with van der Waals surface area (Å²) >= 11 is 0. The van der Waals surface area contributed by atoms with Gasteiger partial charge in [0, 0.05) is 23.5 Å². The van der Waals surface area contributed by atoms with Crippen LogP contribution < -0.4 is 19.3 Å². The minimum Gasteiger partial charge on any atom is -0.497 e.